The number of rotatable bonds is 4. The SMILES string of the molecule is [N-]=[N+]=NCCNc1ccccc1. The van der Waals surface area contributed by atoms with Crippen molar-refractivity contribution in [2.45, 2.75) is 0 Å². The summed E-state index contributed by atoms with van der Waals surface area (Å²) in [5.74, 6) is 0. The van der Waals surface area contributed by atoms with Crippen LogP contribution in [0.15, 0.2) is 35.4 Å². The van der Waals surface area contributed by atoms with E-state index in [1.54, 1.807) is 0 Å². The number of nitrogens with zero attached hydrogens (tertiary/aromatic N) is 3. The largest absolute Gasteiger partial charge is 0.385 e. The van der Waals surface area contributed by atoms with Crippen LogP contribution >= 0.6 is 0 Å². The first-order valence-electron chi connectivity index (χ1n) is 3.73. The topological polar surface area (TPSA) is 60.8 Å². The zero-order chi connectivity index (χ0) is 8.65. The van der Waals surface area contributed by atoms with Gasteiger partial charge in [-0.05, 0) is 17.7 Å². The third kappa shape index (κ3) is 2.94. The predicted octanol–water partition coefficient (Wildman–Crippen LogP) is 2.41. The van der Waals surface area contributed by atoms with E-state index in [0.29, 0.717) is 13.1 Å². The molecule has 1 aromatic rings. The average molecular weight is 162 g/mol. The summed E-state index contributed by atoms with van der Waals surface area (Å²) in [6.07, 6.45) is 0. The third-order valence-electron chi connectivity index (χ3n) is 1.38. The first-order chi connectivity index (χ1) is 5.93. The van der Waals surface area contributed by atoms with Crippen LogP contribution in [0.2, 0.25) is 0 Å². The van der Waals surface area contributed by atoms with Gasteiger partial charge in [-0.1, -0.05) is 23.3 Å². The summed E-state index contributed by atoms with van der Waals surface area (Å²) < 4.78 is 0. The molecule has 0 atom stereocenters. The molecular weight excluding hydrogens is 152 g/mol. The summed E-state index contributed by atoms with van der Waals surface area (Å²) in [6, 6.07) is 9.80. The highest BCUT2D eigenvalue weighted by Gasteiger charge is 1.86. The molecule has 1 rings (SSSR count). The van der Waals surface area contributed by atoms with E-state index in [0.717, 1.165) is 5.69 Å². The normalized spacial score (nSPS) is 8.67. The maximum absolute atomic E-state index is 7.99. The van der Waals surface area contributed by atoms with E-state index in [2.05, 4.69) is 15.3 Å². The Morgan fingerprint density at radius 2 is 2.08 bits per heavy atom. The number of nitrogens with one attached hydrogen (secondary N) is 1. The average Bonchev–Trinajstić information content (AvgIpc) is 2.14. The molecule has 1 aromatic carbocycles. The number of para-hydroxylation sites is 1. The second-order valence-electron chi connectivity index (χ2n) is 2.25. The Labute approximate surface area is 70.8 Å². The summed E-state index contributed by atoms with van der Waals surface area (Å²) in [4.78, 5) is 2.65. The molecule has 4 heteroatoms. The van der Waals surface area contributed by atoms with Crippen LogP contribution in [-0.2, 0) is 0 Å². The van der Waals surface area contributed by atoms with Gasteiger partial charge in [0.15, 0.2) is 0 Å². The van der Waals surface area contributed by atoms with Crippen LogP contribution in [0.1, 0.15) is 0 Å². The van der Waals surface area contributed by atoms with Crippen molar-refractivity contribution in [1.29, 1.82) is 0 Å². The summed E-state index contributed by atoms with van der Waals surface area (Å²) in [6.45, 7) is 1.15. The summed E-state index contributed by atoms with van der Waals surface area (Å²) in [5, 5.41) is 6.52. The van der Waals surface area contributed by atoms with E-state index in [-0.39, 0.29) is 0 Å². The minimum atomic E-state index is 0.478. The van der Waals surface area contributed by atoms with Gasteiger partial charge in [0.05, 0.1) is 0 Å². The molecule has 0 amide bonds. The Morgan fingerprint density at radius 3 is 2.75 bits per heavy atom. The van der Waals surface area contributed by atoms with Crippen molar-refractivity contribution in [2.75, 3.05) is 18.4 Å². The third-order valence-corrected chi connectivity index (χ3v) is 1.38. The lowest BCUT2D eigenvalue weighted by Crippen LogP contribution is -2.03. The van der Waals surface area contributed by atoms with Crippen molar-refractivity contribution < 1.29 is 0 Å². The van der Waals surface area contributed by atoms with Gasteiger partial charge < -0.3 is 5.32 Å². The van der Waals surface area contributed by atoms with E-state index in [9.17, 15) is 0 Å². The fourth-order valence-corrected chi connectivity index (χ4v) is 0.851. The minimum Gasteiger partial charge on any atom is -0.385 e. The summed E-state index contributed by atoms with van der Waals surface area (Å²) >= 11 is 0. The van der Waals surface area contributed by atoms with Gasteiger partial charge in [0, 0.05) is 23.7 Å². The molecule has 0 aliphatic heterocycles. The molecule has 0 aliphatic rings. The number of benzene rings is 1. The molecule has 0 spiro atoms. The van der Waals surface area contributed by atoms with Gasteiger partial charge in [-0.2, -0.15) is 0 Å². The second kappa shape index (κ2) is 5.04. The lowest BCUT2D eigenvalue weighted by molar-refractivity contribution is 1.01. The zero-order valence-electron chi connectivity index (χ0n) is 6.64. The Bertz CT molecular complexity index is 264. The maximum Gasteiger partial charge on any atom is 0.0431 e. The van der Waals surface area contributed by atoms with Crippen LogP contribution in [0.4, 0.5) is 5.69 Å². The Balaban J connectivity index is 2.29. The van der Waals surface area contributed by atoms with E-state index in [4.69, 9.17) is 5.53 Å². The van der Waals surface area contributed by atoms with Crippen LogP contribution in [0, 0.1) is 0 Å². The van der Waals surface area contributed by atoms with Gasteiger partial charge in [0.25, 0.3) is 0 Å². The first-order valence-corrected chi connectivity index (χ1v) is 3.73. The molecule has 12 heavy (non-hydrogen) atoms. The van der Waals surface area contributed by atoms with Crippen LogP contribution in [0.3, 0.4) is 0 Å². The van der Waals surface area contributed by atoms with Gasteiger partial charge in [0.2, 0.25) is 0 Å². The molecule has 0 saturated heterocycles. The van der Waals surface area contributed by atoms with Gasteiger partial charge in [-0.25, -0.2) is 0 Å². The monoisotopic (exact) mass is 162 g/mol. The maximum atomic E-state index is 7.99. The fourth-order valence-electron chi connectivity index (χ4n) is 0.851. The molecule has 4 nitrogen and oxygen atoms in total. The summed E-state index contributed by atoms with van der Waals surface area (Å²) in [5.41, 5.74) is 9.04. The lowest BCUT2D eigenvalue weighted by Gasteiger charge is -2.01. The van der Waals surface area contributed by atoms with Crippen molar-refractivity contribution in [3.8, 4) is 0 Å². The zero-order valence-corrected chi connectivity index (χ0v) is 6.64. The van der Waals surface area contributed by atoms with Gasteiger partial charge in [0.1, 0.15) is 0 Å². The van der Waals surface area contributed by atoms with Crippen molar-refractivity contribution in [3.63, 3.8) is 0 Å². The molecule has 0 bridgehead atoms. The first kappa shape index (κ1) is 8.43. The van der Waals surface area contributed by atoms with Crippen molar-refractivity contribution in [1.82, 2.24) is 0 Å². The number of hydrogen-bond acceptors (Lipinski definition) is 2. The van der Waals surface area contributed by atoms with Gasteiger partial charge in [-0.15, -0.1) is 0 Å². The van der Waals surface area contributed by atoms with Gasteiger partial charge in [-0.3, -0.25) is 0 Å². The van der Waals surface area contributed by atoms with Crippen LogP contribution in [0.25, 0.3) is 10.4 Å². The smallest absolute Gasteiger partial charge is 0.0431 e. The molecule has 0 unspecified atom stereocenters. The van der Waals surface area contributed by atoms with E-state index in [1.807, 2.05) is 30.3 Å². The van der Waals surface area contributed by atoms with Crippen LogP contribution in [-0.4, -0.2) is 13.1 Å². The second-order valence-corrected chi connectivity index (χ2v) is 2.25. The van der Waals surface area contributed by atoms with E-state index >= 15 is 0 Å². The highest BCUT2D eigenvalue weighted by molar-refractivity contribution is 5.42. The van der Waals surface area contributed by atoms with Crippen molar-refractivity contribution >= 4 is 5.69 Å². The Morgan fingerprint density at radius 1 is 1.33 bits per heavy atom. The van der Waals surface area contributed by atoms with Crippen molar-refractivity contribution in [2.24, 2.45) is 5.11 Å². The highest BCUT2D eigenvalue weighted by atomic mass is 15.1. The number of azide groups is 1. The van der Waals surface area contributed by atoms with Crippen molar-refractivity contribution in [3.05, 3.63) is 40.8 Å². The van der Waals surface area contributed by atoms with Crippen LogP contribution < -0.4 is 5.32 Å². The molecule has 1 N–H and O–H groups in total. The molecular formula is C8H10N4. The summed E-state index contributed by atoms with van der Waals surface area (Å²) in [7, 11) is 0. The standard InChI is InChI=1S/C8H10N4/c9-12-11-7-6-10-8-4-2-1-3-5-8/h1-5,10H,6-7H2. The minimum absolute atomic E-state index is 0.478. The molecule has 0 aliphatic carbocycles. The quantitative estimate of drug-likeness (QED) is 0.314. The van der Waals surface area contributed by atoms with E-state index in [1.165, 1.54) is 0 Å². The van der Waals surface area contributed by atoms with E-state index < -0.39 is 0 Å². The Kier molecular flexibility index (Phi) is 3.54. The molecule has 0 radical (unpaired) electrons. The molecule has 62 valence electrons. The highest BCUT2D eigenvalue weighted by Crippen LogP contribution is 2.03. The van der Waals surface area contributed by atoms with Gasteiger partial charge >= 0.3 is 0 Å². The molecule has 0 aromatic heterocycles. The number of anilines is 1. The fraction of sp³-hybridized carbons (Fsp3) is 0.250. The van der Waals surface area contributed by atoms with Crippen LogP contribution in [0.5, 0.6) is 0 Å². The number of hydrogen-bond donors (Lipinski definition) is 1. The lowest BCUT2D eigenvalue weighted by atomic mass is 10.3. The predicted molar refractivity (Wildman–Crippen MR) is 48.9 cm³/mol. The molecule has 0 fully saturated rings. The molecule has 0 saturated carbocycles. The molecule has 0 heterocycles. The Hall–Kier alpha value is -1.67.